The molecule has 0 spiro atoms. The first kappa shape index (κ1) is 6.29. The maximum absolute atomic E-state index is 9.92. The molecule has 4 heteroatoms. The van der Waals surface area contributed by atoms with Gasteiger partial charge in [0.1, 0.15) is 12.6 Å². The van der Waals surface area contributed by atoms with Crippen molar-refractivity contribution in [2.24, 2.45) is 0 Å². The molecule has 0 radical (unpaired) electrons. The van der Waals surface area contributed by atoms with E-state index in [0.29, 0.717) is 12.1 Å². The maximum Gasteiger partial charge on any atom is 0.125 e. The minimum atomic E-state index is 0.323. The fraction of sp³-hybridized carbons (Fsp3) is 0.200. The lowest BCUT2D eigenvalue weighted by Gasteiger charge is -1.88. The van der Waals surface area contributed by atoms with Crippen molar-refractivity contribution in [3.8, 4) is 0 Å². The lowest BCUT2D eigenvalue weighted by molar-refractivity contribution is -0.107. The first-order chi connectivity index (χ1) is 4.34. The first-order valence-electron chi connectivity index (χ1n) is 2.45. The number of nitrogens with zero attached hydrogens (tertiary/aromatic N) is 2. The Morgan fingerprint density at radius 2 is 2.67 bits per heavy atom. The van der Waals surface area contributed by atoms with Gasteiger partial charge in [-0.2, -0.15) is 0 Å². The normalized spacial score (nSPS) is 9.44. The van der Waals surface area contributed by atoms with Gasteiger partial charge in [0.15, 0.2) is 0 Å². The lowest BCUT2D eigenvalue weighted by atomic mass is 10.4. The third kappa shape index (κ3) is 1.29. The minimum absolute atomic E-state index is 0.323. The summed E-state index contributed by atoms with van der Waals surface area (Å²) in [7, 11) is 0. The van der Waals surface area contributed by atoms with Gasteiger partial charge in [0.25, 0.3) is 0 Å². The van der Waals surface area contributed by atoms with Gasteiger partial charge in [-0.25, -0.2) is 9.07 Å². The second kappa shape index (κ2) is 2.64. The topological polar surface area (TPSA) is 34.9 Å². The Kier molecular flexibility index (Phi) is 1.85. The predicted octanol–water partition coefficient (Wildman–Crippen LogP) is 0.626. The van der Waals surface area contributed by atoms with Crippen LogP contribution in [0.15, 0.2) is 12.5 Å². The van der Waals surface area contributed by atoms with Crippen LogP contribution in [0.3, 0.4) is 0 Å². The van der Waals surface area contributed by atoms with E-state index in [1.807, 2.05) is 0 Å². The van der Waals surface area contributed by atoms with E-state index in [1.165, 1.54) is 10.4 Å². The van der Waals surface area contributed by atoms with E-state index in [4.69, 9.17) is 11.8 Å². The van der Waals surface area contributed by atoms with Crippen LogP contribution in [0, 0.1) is 0 Å². The second-order valence-corrected chi connectivity index (χ2v) is 1.93. The molecule has 0 aliphatic carbocycles. The molecule has 0 fully saturated rings. The summed E-state index contributed by atoms with van der Waals surface area (Å²) in [5, 5.41) is 0. The molecule has 0 N–H and O–H groups in total. The molecule has 0 aliphatic heterocycles. The van der Waals surface area contributed by atoms with Crippen LogP contribution in [0.2, 0.25) is 0 Å². The van der Waals surface area contributed by atoms with Gasteiger partial charge in [-0.3, -0.25) is 0 Å². The summed E-state index contributed by atoms with van der Waals surface area (Å²) in [6.45, 7) is 0. The molecule has 1 aromatic heterocycles. The average molecular weight is 145 g/mol. The molecule has 1 heterocycles. The molecule has 0 atom stereocenters. The molecule has 3 nitrogen and oxygen atoms in total. The van der Waals surface area contributed by atoms with Gasteiger partial charge in [-0.15, -0.1) is 0 Å². The molecule has 0 bridgehead atoms. The van der Waals surface area contributed by atoms with Gasteiger partial charge in [0.05, 0.1) is 11.9 Å². The summed E-state index contributed by atoms with van der Waals surface area (Å²) in [5.41, 5.74) is 0.715. The van der Waals surface area contributed by atoms with E-state index in [2.05, 4.69) is 4.98 Å². The molecule has 9 heavy (non-hydrogen) atoms. The fourth-order valence-corrected chi connectivity index (χ4v) is 0.696. The Labute approximate surface area is 57.4 Å². The zero-order valence-corrected chi connectivity index (χ0v) is 5.38. The molecular weight excluding hydrogens is 140 g/mol. The molecule has 1 rings (SSSR count). The Morgan fingerprint density at radius 1 is 1.89 bits per heavy atom. The van der Waals surface area contributed by atoms with Crippen molar-refractivity contribution in [3.05, 3.63) is 18.2 Å². The smallest absolute Gasteiger partial charge is 0.125 e. The summed E-state index contributed by atoms with van der Waals surface area (Å²) >= 11 is 5.51. The highest BCUT2D eigenvalue weighted by Crippen LogP contribution is 1.99. The van der Waals surface area contributed by atoms with E-state index in [-0.39, 0.29) is 0 Å². The van der Waals surface area contributed by atoms with Crippen molar-refractivity contribution < 1.29 is 4.79 Å². The minimum Gasteiger partial charge on any atom is -0.303 e. The lowest BCUT2D eigenvalue weighted by Crippen LogP contribution is -1.89. The fourth-order valence-electron chi connectivity index (χ4n) is 0.533. The molecule has 0 unspecified atom stereocenters. The van der Waals surface area contributed by atoms with Crippen LogP contribution < -0.4 is 0 Å². The van der Waals surface area contributed by atoms with Gasteiger partial charge in [0.2, 0.25) is 0 Å². The van der Waals surface area contributed by atoms with E-state index >= 15 is 0 Å². The zero-order chi connectivity index (χ0) is 6.69. The van der Waals surface area contributed by atoms with Crippen LogP contribution in [-0.4, -0.2) is 15.4 Å². The number of carbonyl (C=O) groups is 1. The average Bonchev–Trinajstić information content (AvgIpc) is 2.18. The number of hydrogen-bond donors (Lipinski definition) is 0. The molecule has 1 aromatic rings. The summed E-state index contributed by atoms with van der Waals surface area (Å²) in [6.07, 6.45) is 4.11. The first-order valence-corrected chi connectivity index (χ1v) is 2.79. The third-order valence-electron chi connectivity index (χ3n) is 0.958. The summed E-state index contributed by atoms with van der Waals surface area (Å²) in [6, 6.07) is 0. The highest BCUT2D eigenvalue weighted by molar-refractivity contribution is 6.15. The maximum atomic E-state index is 9.92. The Morgan fingerprint density at radius 3 is 3.11 bits per heavy atom. The number of hydrogen-bond acceptors (Lipinski definition) is 2. The number of carbonyl (C=O) groups excluding carboxylic acids is 1. The van der Waals surface area contributed by atoms with Crippen LogP contribution in [0.1, 0.15) is 5.69 Å². The van der Waals surface area contributed by atoms with Crippen molar-refractivity contribution >= 4 is 18.1 Å². The van der Waals surface area contributed by atoms with Gasteiger partial charge >= 0.3 is 0 Å². The van der Waals surface area contributed by atoms with Crippen LogP contribution >= 0.6 is 11.8 Å². The van der Waals surface area contributed by atoms with Crippen molar-refractivity contribution in [3.63, 3.8) is 0 Å². The quantitative estimate of drug-likeness (QED) is 0.571. The SMILES string of the molecule is O=CCc1cncn1Cl. The van der Waals surface area contributed by atoms with Gasteiger partial charge in [-0.1, -0.05) is 0 Å². The zero-order valence-electron chi connectivity index (χ0n) is 4.62. The highest BCUT2D eigenvalue weighted by atomic mass is 35.5. The van der Waals surface area contributed by atoms with Crippen LogP contribution in [-0.2, 0) is 11.2 Å². The van der Waals surface area contributed by atoms with Crippen molar-refractivity contribution in [1.29, 1.82) is 0 Å². The van der Waals surface area contributed by atoms with Crippen LogP contribution in [0.5, 0.6) is 0 Å². The molecule has 0 saturated heterocycles. The third-order valence-corrected chi connectivity index (χ3v) is 1.26. The summed E-state index contributed by atoms with van der Waals surface area (Å²) in [4.78, 5) is 13.6. The standard InChI is InChI=1S/C5H5ClN2O/c6-8-4-7-3-5(8)1-2-9/h2-4H,1H2. The molecule has 48 valence electrons. The molecule has 0 aliphatic rings. The summed E-state index contributed by atoms with van der Waals surface area (Å²) < 4.78 is 1.30. The number of imidazole rings is 1. The van der Waals surface area contributed by atoms with Crippen LogP contribution in [0.25, 0.3) is 0 Å². The number of rotatable bonds is 2. The van der Waals surface area contributed by atoms with Crippen LogP contribution in [0.4, 0.5) is 0 Å². The van der Waals surface area contributed by atoms with E-state index in [0.717, 1.165) is 6.29 Å². The molecule has 0 amide bonds. The van der Waals surface area contributed by atoms with Crippen molar-refractivity contribution in [2.45, 2.75) is 6.42 Å². The van der Waals surface area contributed by atoms with Gasteiger partial charge in [-0.05, 0) is 0 Å². The molecular formula is C5H5ClN2O. The Balaban J connectivity index is 2.80. The number of aldehydes is 1. The number of aromatic nitrogens is 2. The van der Waals surface area contributed by atoms with E-state index in [1.54, 1.807) is 6.20 Å². The largest absolute Gasteiger partial charge is 0.303 e. The van der Waals surface area contributed by atoms with Crippen molar-refractivity contribution in [2.75, 3.05) is 0 Å². The van der Waals surface area contributed by atoms with Gasteiger partial charge < -0.3 is 4.79 Å². The Hall–Kier alpha value is -0.830. The van der Waals surface area contributed by atoms with Gasteiger partial charge in [0, 0.05) is 18.2 Å². The van der Waals surface area contributed by atoms with E-state index < -0.39 is 0 Å². The van der Waals surface area contributed by atoms with E-state index in [9.17, 15) is 4.79 Å². The second-order valence-electron chi connectivity index (χ2n) is 1.57. The molecule has 0 saturated carbocycles. The number of halogens is 1. The Bertz CT molecular complexity index is 208. The monoisotopic (exact) mass is 144 g/mol. The summed E-state index contributed by atoms with van der Waals surface area (Å²) in [5.74, 6) is 0. The predicted molar refractivity (Wildman–Crippen MR) is 33.2 cm³/mol. The highest BCUT2D eigenvalue weighted by Gasteiger charge is 1.95. The molecule has 0 aromatic carbocycles. The van der Waals surface area contributed by atoms with Crippen molar-refractivity contribution in [1.82, 2.24) is 9.07 Å².